The van der Waals surface area contributed by atoms with Gasteiger partial charge in [-0.1, -0.05) is 30.4 Å². The van der Waals surface area contributed by atoms with Crippen molar-refractivity contribution in [1.29, 1.82) is 0 Å². The van der Waals surface area contributed by atoms with Crippen LogP contribution < -0.4 is 33.2 Å². The molecule has 0 amide bonds. The summed E-state index contributed by atoms with van der Waals surface area (Å²) in [6, 6.07) is 19.2. The maximum atomic E-state index is 12.1. The first-order valence-corrected chi connectivity index (χ1v) is 16.2. The van der Waals surface area contributed by atoms with Crippen molar-refractivity contribution in [3.05, 3.63) is 101 Å². The molecule has 4 aromatic rings. The summed E-state index contributed by atoms with van der Waals surface area (Å²) in [5.41, 5.74) is 2.85. The van der Waals surface area contributed by atoms with Crippen LogP contribution in [0.1, 0.15) is 81.4 Å². The van der Waals surface area contributed by atoms with Gasteiger partial charge in [-0.05, 0) is 64.7 Å². The topological polar surface area (TPSA) is 167 Å². The molecule has 5 rings (SSSR count). The van der Waals surface area contributed by atoms with Crippen molar-refractivity contribution in [2.24, 2.45) is 0 Å². The summed E-state index contributed by atoms with van der Waals surface area (Å²) in [5.74, 6) is -3.30. The van der Waals surface area contributed by atoms with E-state index in [9.17, 15) is 28.8 Å². The molecule has 0 bridgehead atoms. The first-order valence-electron chi connectivity index (χ1n) is 16.2. The van der Waals surface area contributed by atoms with Gasteiger partial charge in [0.2, 0.25) is 0 Å². The Morgan fingerprint density at radius 1 is 0.491 bits per heavy atom. The van der Waals surface area contributed by atoms with Crippen LogP contribution in [0.3, 0.4) is 0 Å². The summed E-state index contributed by atoms with van der Waals surface area (Å²) >= 11 is 0. The molecule has 13 nitrogen and oxygen atoms in total. The van der Waals surface area contributed by atoms with Crippen molar-refractivity contribution in [3.8, 4) is 40.2 Å². The number of carbonyl (C=O) groups is 6. The lowest BCUT2D eigenvalue weighted by atomic mass is 9.82. The number of esters is 6. The molecule has 0 radical (unpaired) electrons. The molecule has 0 unspecified atom stereocenters. The molecule has 1 aliphatic rings. The molecule has 2 atom stereocenters. The predicted octanol–water partition coefficient (Wildman–Crippen LogP) is 6.67. The highest BCUT2D eigenvalue weighted by Crippen LogP contribution is 2.54. The molecule has 0 spiro atoms. The van der Waals surface area contributed by atoms with Crippen LogP contribution in [0.2, 0.25) is 0 Å². The Morgan fingerprint density at radius 2 is 1.00 bits per heavy atom. The third-order valence-corrected chi connectivity index (χ3v) is 7.46. The second kappa shape index (κ2) is 16.1. The summed E-state index contributed by atoms with van der Waals surface area (Å²) in [7, 11) is 0. The Hall–Kier alpha value is -6.76. The fourth-order valence-corrected chi connectivity index (χ4v) is 5.77. The normalized spacial score (nSPS) is 14.4. The van der Waals surface area contributed by atoms with E-state index in [1.54, 1.807) is 66.7 Å². The molecule has 0 aliphatic carbocycles. The highest BCUT2D eigenvalue weighted by atomic mass is 16.6. The van der Waals surface area contributed by atoms with E-state index >= 15 is 0 Å². The van der Waals surface area contributed by atoms with Crippen LogP contribution >= 0.6 is 0 Å². The van der Waals surface area contributed by atoms with Crippen LogP contribution in [-0.4, -0.2) is 35.8 Å². The molecule has 0 saturated heterocycles. The predicted molar refractivity (Wildman–Crippen MR) is 188 cm³/mol. The number of carbonyl (C=O) groups excluding carboxylic acids is 6. The maximum absolute atomic E-state index is 12.1. The Bertz CT molecular complexity index is 2110. The van der Waals surface area contributed by atoms with Crippen LogP contribution in [0.25, 0.3) is 12.2 Å². The Morgan fingerprint density at radius 3 is 1.55 bits per heavy atom. The zero-order valence-electron chi connectivity index (χ0n) is 29.5. The Kier molecular flexibility index (Phi) is 11.4. The van der Waals surface area contributed by atoms with Crippen LogP contribution in [0.5, 0.6) is 40.2 Å². The van der Waals surface area contributed by atoms with E-state index < -0.39 is 47.8 Å². The summed E-state index contributed by atoms with van der Waals surface area (Å²) in [4.78, 5) is 71.5. The molecule has 53 heavy (non-hydrogen) atoms. The average molecular weight is 723 g/mol. The first kappa shape index (κ1) is 37.5. The SMILES string of the molecule is CC(=O)Oc1ccc(/C=C/c2cc(OC(C)=O)cc3c2[C@H](c2cc(OC(C)=O)cc(OC(C)=O)c2)[C@@H](c2ccc(OC(C)=O)c(OC(C)=O)c2)O3)cc1. The second-order valence-corrected chi connectivity index (χ2v) is 11.8. The average Bonchev–Trinajstić information content (AvgIpc) is 3.43. The molecule has 1 heterocycles. The van der Waals surface area contributed by atoms with Gasteiger partial charge in [-0.15, -0.1) is 0 Å². The van der Waals surface area contributed by atoms with Crippen molar-refractivity contribution in [2.75, 3.05) is 0 Å². The molecule has 0 N–H and O–H groups in total. The molecular weight excluding hydrogens is 688 g/mol. The van der Waals surface area contributed by atoms with E-state index in [-0.39, 0.29) is 28.7 Å². The Labute approximate surface area is 304 Å². The van der Waals surface area contributed by atoms with Gasteiger partial charge < -0.3 is 33.2 Å². The van der Waals surface area contributed by atoms with Gasteiger partial charge in [0.05, 0.1) is 5.92 Å². The van der Waals surface area contributed by atoms with Gasteiger partial charge in [0.25, 0.3) is 0 Å². The summed E-state index contributed by atoms with van der Waals surface area (Å²) in [6.07, 6.45) is 2.68. The fraction of sp³-hybridized carbons (Fsp3) is 0.200. The second-order valence-electron chi connectivity index (χ2n) is 11.8. The minimum atomic E-state index is -0.897. The highest BCUT2D eigenvalue weighted by molar-refractivity contribution is 5.79. The molecule has 4 aromatic carbocycles. The molecular formula is C40H34O13. The molecule has 272 valence electrons. The van der Waals surface area contributed by atoms with Gasteiger partial charge in [0.1, 0.15) is 34.9 Å². The quantitative estimate of drug-likeness (QED) is 0.0968. The number of ether oxygens (including phenoxy) is 7. The highest BCUT2D eigenvalue weighted by Gasteiger charge is 2.40. The molecule has 0 aromatic heterocycles. The number of hydrogen-bond donors (Lipinski definition) is 0. The zero-order valence-corrected chi connectivity index (χ0v) is 29.5. The maximum Gasteiger partial charge on any atom is 0.308 e. The van der Waals surface area contributed by atoms with E-state index in [2.05, 4.69) is 0 Å². The van der Waals surface area contributed by atoms with Crippen LogP contribution in [0.4, 0.5) is 0 Å². The van der Waals surface area contributed by atoms with Crippen LogP contribution in [0.15, 0.2) is 72.8 Å². The van der Waals surface area contributed by atoms with Crippen molar-refractivity contribution in [3.63, 3.8) is 0 Å². The number of rotatable bonds is 10. The molecule has 1 aliphatic heterocycles. The van der Waals surface area contributed by atoms with Crippen molar-refractivity contribution < 1.29 is 61.9 Å². The van der Waals surface area contributed by atoms with Gasteiger partial charge in [0, 0.05) is 59.2 Å². The van der Waals surface area contributed by atoms with E-state index in [4.69, 9.17) is 33.2 Å². The van der Waals surface area contributed by atoms with Gasteiger partial charge in [-0.25, -0.2) is 0 Å². The lowest BCUT2D eigenvalue weighted by Crippen LogP contribution is -2.14. The Balaban J connectivity index is 1.74. The molecule has 0 saturated carbocycles. The lowest BCUT2D eigenvalue weighted by molar-refractivity contribution is -0.134. The third-order valence-electron chi connectivity index (χ3n) is 7.46. The van der Waals surface area contributed by atoms with Crippen molar-refractivity contribution in [1.82, 2.24) is 0 Å². The van der Waals surface area contributed by atoms with Gasteiger partial charge >= 0.3 is 35.8 Å². The largest absolute Gasteiger partial charge is 0.484 e. The lowest BCUT2D eigenvalue weighted by Gasteiger charge is -2.23. The number of benzene rings is 4. The molecule has 13 heteroatoms. The molecule has 0 fully saturated rings. The standard InChI is InChI=1S/C40H34O13/c1-21(41)47-31-12-8-27(9-13-31)7-10-28-15-34(50-24(4)44)20-37-38(28)39(30-16-32(48-22(2)42)19-33(17-30)49-23(3)43)40(53-37)29-11-14-35(51-25(5)45)36(18-29)52-26(6)46/h7-20,39-40H,1-6H3/b10-7+/t39-,40+/m0/s1. The van der Waals surface area contributed by atoms with Crippen molar-refractivity contribution >= 4 is 48.0 Å². The van der Waals surface area contributed by atoms with E-state index in [1.807, 2.05) is 0 Å². The van der Waals surface area contributed by atoms with Crippen molar-refractivity contribution in [2.45, 2.75) is 53.6 Å². The minimum Gasteiger partial charge on any atom is -0.484 e. The van der Waals surface area contributed by atoms with Crippen LogP contribution in [-0.2, 0) is 28.8 Å². The summed E-state index contributed by atoms with van der Waals surface area (Å²) in [5, 5.41) is 0. The summed E-state index contributed by atoms with van der Waals surface area (Å²) in [6.45, 7) is 7.43. The van der Waals surface area contributed by atoms with E-state index in [1.165, 1.54) is 59.7 Å². The van der Waals surface area contributed by atoms with Crippen LogP contribution in [0, 0.1) is 0 Å². The number of fused-ring (bicyclic) bond motifs is 1. The van der Waals surface area contributed by atoms with E-state index in [0.29, 0.717) is 33.8 Å². The van der Waals surface area contributed by atoms with Gasteiger partial charge in [0.15, 0.2) is 11.5 Å². The zero-order chi connectivity index (χ0) is 38.4. The first-order chi connectivity index (χ1) is 25.1. The van der Waals surface area contributed by atoms with E-state index in [0.717, 1.165) is 5.56 Å². The fourth-order valence-electron chi connectivity index (χ4n) is 5.77. The van der Waals surface area contributed by atoms with Gasteiger partial charge in [-0.3, -0.25) is 28.8 Å². The number of hydrogen-bond acceptors (Lipinski definition) is 13. The smallest absolute Gasteiger partial charge is 0.308 e. The monoisotopic (exact) mass is 722 g/mol. The third kappa shape index (κ3) is 9.73. The minimum absolute atomic E-state index is 0.00185. The summed E-state index contributed by atoms with van der Waals surface area (Å²) < 4.78 is 38.8. The van der Waals surface area contributed by atoms with Gasteiger partial charge in [-0.2, -0.15) is 0 Å².